The van der Waals surface area contributed by atoms with Crippen molar-refractivity contribution in [2.75, 3.05) is 13.1 Å². The number of nitrogens with zero attached hydrogens (tertiary/aromatic N) is 2. The second kappa shape index (κ2) is 8.60. The van der Waals surface area contributed by atoms with Crippen LogP contribution in [0.2, 0.25) is 0 Å². The van der Waals surface area contributed by atoms with Crippen LogP contribution in [0.3, 0.4) is 0 Å². The van der Waals surface area contributed by atoms with Crippen LogP contribution in [0.5, 0.6) is 0 Å². The summed E-state index contributed by atoms with van der Waals surface area (Å²) in [7, 11) is 0. The molecule has 3 saturated heterocycles. The molecule has 21 heavy (non-hydrogen) atoms. The number of nitriles is 1. The Labute approximate surface area is 124 Å². The van der Waals surface area contributed by atoms with Crippen LogP contribution in [0.15, 0.2) is 0 Å². The Hall–Kier alpha value is -1.65. The van der Waals surface area contributed by atoms with Gasteiger partial charge in [0.25, 0.3) is 0 Å². The van der Waals surface area contributed by atoms with E-state index in [-0.39, 0.29) is 24.3 Å². The molecule has 0 saturated carbocycles. The van der Waals surface area contributed by atoms with Gasteiger partial charge in [0.05, 0.1) is 6.07 Å². The van der Waals surface area contributed by atoms with Gasteiger partial charge in [-0.2, -0.15) is 5.26 Å². The van der Waals surface area contributed by atoms with Gasteiger partial charge < -0.3 is 15.2 Å². The average molecular weight is 297 g/mol. The Morgan fingerprint density at radius 2 is 2.14 bits per heavy atom. The van der Waals surface area contributed by atoms with Crippen LogP contribution in [0.1, 0.15) is 39.5 Å². The lowest BCUT2D eigenvalue weighted by molar-refractivity contribution is -0.142. The molecule has 0 spiro atoms. The zero-order valence-electron chi connectivity index (χ0n) is 12.5. The number of carboxylic acids is 1. The highest BCUT2D eigenvalue weighted by Gasteiger charge is 2.42. The van der Waals surface area contributed by atoms with Gasteiger partial charge in [-0.25, -0.2) is 0 Å². The molecule has 2 N–H and O–H groups in total. The van der Waals surface area contributed by atoms with Crippen LogP contribution in [0, 0.1) is 11.3 Å². The van der Waals surface area contributed by atoms with Crippen molar-refractivity contribution in [2.24, 2.45) is 0 Å². The maximum absolute atomic E-state index is 11.0. The quantitative estimate of drug-likeness (QED) is 0.687. The summed E-state index contributed by atoms with van der Waals surface area (Å²) in [6, 6.07) is 1.57. The number of esters is 1. The Bertz CT molecular complexity index is 402. The number of carbonyl (C=O) groups is 2. The number of carboxylic acid groups (broad SMARTS) is 1. The van der Waals surface area contributed by atoms with Crippen molar-refractivity contribution >= 4 is 11.9 Å². The normalized spacial score (nSPS) is 30.1. The van der Waals surface area contributed by atoms with Crippen LogP contribution < -0.4 is 5.32 Å². The number of carbonyl (C=O) groups excluding carboxylic acids is 1. The number of nitrogens with one attached hydrogen (secondary N) is 1. The molecule has 3 rings (SSSR count). The van der Waals surface area contributed by atoms with Crippen LogP contribution >= 0.6 is 0 Å². The summed E-state index contributed by atoms with van der Waals surface area (Å²) in [5, 5.41) is 18.5. The molecule has 0 amide bonds. The highest BCUT2D eigenvalue weighted by atomic mass is 16.6. The summed E-state index contributed by atoms with van der Waals surface area (Å²) in [5.41, 5.74) is 0. The highest BCUT2D eigenvalue weighted by molar-refractivity contribution is 5.78. The molecule has 3 fully saturated rings. The number of cyclic esters (lactones) is 1. The first-order chi connectivity index (χ1) is 10.0. The molecule has 7 heteroatoms. The van der Waals surface area contributed by atoms with Gasteiger partial charge >= 0.3 is 11.9 Å². The molecule has 3 aliphatic rings. The average Bonchev–Trinajstić information content (AvgIpc) is 3.14. The first-order valence-corrected chi connectivity index (χ1v) is 7.24. The minimum Gasteiger partial charge on any atom is -0.480 e. The van der Waals surface area contributed by atoms with Gasteiger partial charge in [-0.05, 0) is 39.2 Å². The fourth-order valence-electron chi connectivity index (χ4n) is 2.69. The van der Waals surface area contributed by atoms with E-state index in [2.05, 4.69) is 10.2 Å². The third-order valence-corrected chi connectivity index (χ3v) is 3.68. The second-order valence-corrected chi connectivity index (χ2v) is 5.14. The third-order valence-electron chi connectivity index (χ3n) is 3.68. The second-order valence-electron chi connectivity index (χ2n) is 5.14. The van der Waals surface area contributed by atoms with Crippen LogP contribution in [0.25, 0.3) is 0 Å². The summed E-state index contributed by atoms with van der Waals surface area (Å²) in [6.07, 6.45) is 3.94. The molecule has 118 valence electrons. The van der Waals surface area contributed by atoms with Crippen molar-refractivity contribution in [3.05, 3.63) is 0 Å². The Morgan fingerprint density at radius 3 is 2.57 bits per heavy atom. The van der Waals surface area contributed by atoms with E-state index in [4.69, 9.17) is 15.1 Å². The Balaban J connectivity index is 0.000000181. The molecule has 0 aromatic heterocycles. The Morgan fingerprint density at radius 1 is 1.48 bits per heavy atom. The number of rotatable bonds is 1. The van der Waals surface area contributed by atoms with Gasteiger partial charge in [0.1, 0.15) is 12.1 Å². The van der Waals surface area contributed by atoms with E-state index in [1.54, 1.807) is 6.07 Å². The number of aliphatic carboxylic acids is 1. The first kappa shape index (κ1) is 17.4. The highest BCUT2D eigenvalue weighted by Crippen LogP contribution is 2.27. The zero-order chi connectivity index (χ0) is 15.8. The summed E-state index contributed by atoms with van der Waals surface area (Å²) in [5.74, 6) is -0.743. The predicted octanol–water partition coefficient (Wildman–Crippen LogP) is 0.706. The van der Waals surface area contributed by atoms with Gasteiger partial charge in [-0.15, -0.1) is 0 Å². The fourth-order valence-corrected chi connectivity index (χ4v) is 2.69. The molecule has 0 aromatic rings. The molecular formula is C14H23N3O4. The smallest absolute Gasteiger partial charge is 0.325 e. The van der Waals surface area contributed by atoms with Crippen molar-refractivity contribution in [1.82, 2.24) is 10.2 Å². The number of hydrogen-bond donors (Lipinski definition) is 2. The summed E-state index contributed by atoms with van der Waals surface area (Å²) in [6.45, 7) is 5.25. The van der Waals surface area contributed by atoms with Crippen LogP contribution in [-0.2, 0) is 14.3 Å². The van der Waals surface area contributed by atoms with E-state index < -0.39 is 5.97 Å². The lowest BCUT2D eigenvalue weighted by atomic mass is 10.2. The van der Waals surface area contributed by atoms with E-state index in [0.717, 1.165) is 38.8 Å². The van der Waals surface area contributed by atoms with Crippen molar-refractivity contribution in [3.63, 3.8) is 0 Å². The van der Waals surface area contributed by atoms with Gasteiger partial charge in [0, 0.05) is 13.5 Å². The Kier molecular flexibility index (Phi) is 7.12. The minimum absolute atomic E-state index is 0.0231. The maximum Gasteiger partial charge on any atom is 0.325 e. The molecule has 0 bridgehead atoms. The first-order valence-electron chi connectivity index (χ1n) is 7.24. The molecule has 3 heterocycles. The summed E-state index contributed by atoms with van der Waals surface area (Å²) in [4.78, 5) is 23.3. The minimum atomic E-state index is -0.720. The van der Waals surface area contributed by atoms with E-state index in [0.29, 0.717) is 0 Å². The van der Waals surface area contributed by atoms with E-state index in [1.165, 1.54) is 6.92 Å². The lowest BCUT2D eigenvalue weighted by Crippen LogP contribution is -2.30. The van der Waals surface area contributed by atoms with Gasteiger partial charge in [-0.1, -0.05) is 0 Å². The number of hydrogen-bond acceptors (Lipinski definition) is 6. The largest absolute Gasteiger partial charge is 0.480 e. The topological polar surface area (TPSA) is 103 Å². The molecule has 0 aromatic carbocycles. The van der Waals surface area contributed by atoms with Gasteiger partial charge in [0.15, 0.2) is 6.23 Å². The molecule has 0 radical (unpaired) electrons. The lowest BCUT2D eigenvalue weighted by Gasteiger charge is -2.14. The van der Waals surface area contributed by atoms with Crippen LogP contribution in [0.4, 0.5) is 0 Å². The van der Waals surface area contributed by atoms with Gasteiger partial charge in [0.2, 0.25) is 0 Å². The van der Waals surface area contributed by atoms with Gasteiger partial charge in [-0.3, -0.25) is 14.5 Å². The van der Waals surface area contributed by atoms with Crippen molar-refractivity contribution in [1.29, 1.82) is 5.26 Å². The van der Waals surface area contributed by atoms with Crippen LogP contribution in [-0.4, -0.2) is 53.3 Å². The predicted molar refractivity (Wildman–Crippen MR) is 75.2 cm³/mol. The molecule has 3 atom stereocenters. The summed E-state index contributed by atoms with van der Waals surface area (Å²) >= 11 is 0. The molecule has 7 nitrogen and oxygen atoms in total. The molecule has 0 unspecified atom stereocenters. The van der Waals surface area contributed by atoms with E-state index in [1.807, 2.05) is 6.92 Å². The number of ether oxygens (including phenoxy) is 1. The van der Waals surface area contributed by atoms with E-state index in [9.17, 15) is 9.59 Å². The zero-order valence-corrected chi connectivity index (χ0v) is 12.5. The summed E-state index contributed by atoms with van der Waals surface area (Å²) < 4.78 is 5.02. The molecular weight excluding hydrogens is 274 g/mol. The van der Waals surface area contributed by atoms with Crippen molar-refractivity contribution < 1.29 is 19.4 Å². The van der Waals surface area contributed by atoms with E-state index >= 15 is 0 Å². The van der Waals surface area contributed by atoms with Crippen molar-refractivity contribution in [3.8, 4) is 6.07 Å². The fraction of sp³-hybridized carbons (Fsp3) is 0.786. The SMILES string of the molecule is CC#N.C[C@H]1OC(=O)[C@@H]2CCCN12.O=C(O)[C@@H]1CCCN1. The maximum atomic E-state index is 11.0. The molecule has 0 aliphatic carbocycles. The number of fused-ring (bicyclic) bond motifs is 1. The van der Waals surface area contributed by atoms with Crippen molar-refractivity contribution in [2.45, 2.75) is 57.8 Å². The molecule has 3 aliphatic heterocycles. The third kappa shape index (κ3) is 4.99. The standard InChI is InChI=1S/C7H11NO2.C5H9NO2.C2H3N/c1-5-8-4-2-3-6(8)7(9)10-5;7-5(8)4-2-1-3-6-4;1-2-3/h5-6H,2-4H2,1H3;4,6H,1-3H2,(H,7,8);1H3/t5-,6+;4-;/m10./s1. The monoisotopic (exact) mass is 297 g/mol.